The number of nitrogens with one attached hydrogen (secondary N) is 1. The van der Waals surface area contributed by atoms with Crippen LogP contribution in [0, 0.1) is 0 Å². The molecule has 3 rings (SSSR count). The maximum atomic E-state index is 13.3. The summed E-state index contributed by atoms with van der Waals surface area (Å²) >= 11 is 1.52. The van der Waals surface area contributed by atoms with E-state index < -0.39 is 11.7 Å². The Balaban J connectivity index is 2.00. The monoisotopic (exact) mass is 367 g/mol. The average Bonchev–Trinajstić information content (AvgIpc) is 3.14. The minimum atomic E-state index is -4.36. The van der Waals surface area contributed by atoms with E-state index in [1.165, 1.54) is 31.3 Å². The molecule has 1 saturated heterocycles. The van der Waals surface area contributed by atoms with Gasteiger partial charge in [0.05, 0.1) is 5.69 Å². The van der Waals surface area contributed by atoms with E-state index in [0.29, 0.717) is 17.3 Å². The molecule has 1 unspecified atom stereocenters. The van der Waals surface area contributed by atoms with Gasteiger partial charge in [-0.05, 0) is 32.4 Å². The number of rotatable bonds is 4. The predicted octanol–water partition coefficient (Wildman–Crippen LogP) is 3.11. The van der Waals surface area contributed by atoms with E-state index >= 15 is 0 Å². The van der Waals surface area contributed by atoms with Crippen LogP contribution in [0.5, 0.6) is 0 Å². The van der Waals surface area contributed by atoms with E-state index in [1.54, 1.807) is 13.1 Å². The summed E-state index contributed by atoms with van der Waals surface area (Å²) < 4.78 is 39.8. The molecule has 1 aromatic carbocycles. The molecule has 0 radical (unpaired) electrons. The third kappa shape index (κ3) is 3.85. The lowest BCUT2D eigenvalue weighted by molar-refractivity contribution is -0.136. The highest BCUT2D eigenvalue weighted by Crippen LogP contribution is 2.36. The first-order valence-corrected chi connectivity index (χ1v) is 9.21. The first-order chi connectivity index (χ1) is 11.8. The van der Waals surface area contributed by atoms with E-state index in [1.807, 2.05) is 0 Å². The van der Waals surface area contributed by atoms with Crippen molar-refractivity contribution in [2.45, 2.75) is 38.5 Å². The summed E-state index contributed by atoms with van der Waals surface area (Å²) in [6.07, 6.45) is -2.03. The largest absolute Gasteiger partial charge is 0.415 e. The lowest BCUT2D eigenvalue weighted by Crippen LogP contribution is -2.26. The lowest BCUT2D eigenvalue weighted by atomic mass is 9.88. The Morgan fingerprint density at radius 1 is 1.40 bits per heavy atom. The number of thiazole rings is 1. The van der Waals surface area contributed by atoms with Crippen molar-refractivity contribution in [1.29, 1.82) is 0 Å². The second-order valence-corrected chi connectivity index (χ2v) is 7.61. The number of alkyl halides is 3. The number of likely N-dealkylation sites (tertiary alicyclic amines) is 1. The van der Waals surface area contributed by atoms with E-state index in [4.69, 9.17) is 0 Å². The normalized spacial score (nSPS) is 18.7. The molecule has 1 aliphatic rings. The van der Waals surface area contributed by atoms with Crippen molar-refractivity contribution in [2.24, 2.45) is 0 Å². The SMILES string of the molecule is Bc1ccc(-c2nc(NC)sc2CN2CCCC2C)cc1C(F)(F)F. The van der Waals surface area contributed by atoms with Gasteiger partial charge in [0.25, 0.3) is 0 Å². The Morgan fingerprint density at radius 3 is 2.76 bits per heavy atom. The van der Waals surface area contributed by atoms with Crippen LogP contribution in [0.4, 0.5) is 18.3 Å². The standard InChI is InChI=1S/C17H21BF3N3S/c1-10-4-3-7-24(10)9-14-15(23-16(22-2)25-14)11-5-6-13(18)12(8-11)17(19,20)21/h5-6,8,10H,3-4,7,9,18H2,1-2H3,(H,22,23). The Morgan fingerprint density at radius 2 is 2.16 bits per heavy atom. The minimum Gasteiger partial charge on any atom is -0.365 e. The van der Waals surface area contributed by atoms with Crippen molar-refractivity contribution in [3.05, 3.63) is 28.6 Å². The molecule has 1 aliphatic heterocycles. The summed E-state index contributed by atoms with van der Waals surface area (Å²) in [4.78, 5) is 7.91. The van der Waals surface area contributed by atoms with Gasteiger partial charge in [0.15, 0.2) is 5.13 Å². The van der Waals surface area contributed by atoms with Crippen LogP contribution in [0.2, 0.25) is 0 Å². The smallest absolute Gasteiger partial charge is 0.365 e. The van der Waals surface area contributed by atoms with Crippen LogP contribution in [-0.2, 0) is 12.7 Å². The van der Waals surface area contributed by atoms with Gasteiger partial charge in [0.2, 0.25) is 0 Å². The highest BCUT2D eigenvalue weighted by Gasteiger charge is 2.33. The number of benzene rings is 1. The van der Waals surface area contributed by atoms with Gasteiger partial charge in [-0.2, -0.15) is 13.2 Å². The van der Waals surface area contributed by atoms with Crippen molar-refractivity contribution >= 4 is 29.8 Å². The van der Waals surface area contributed by atoms with Gasteiger partial charge in [0, 0.05) is 35.6 Å². The van der Waals surface area contributed by atoms with E-state index in [2.05, 4.69) is 22.1 Å². The van der Waals surface area contributed by atoms with Crippen LogP contribution in [-0.4, -0.2) is 37.4 Å². The maximum Gasteiger partial charge on any atom is 0.415 e. The van der Waals surface area contributed by atoms with Crippen LogP contribution in [0.1, 0.15) is 30.2 Å². The highest BCUT2D eigenvalue weighted by molar-refractivity contribution is 7.16. The minimum absolute atomic E-state index is 0.232. The third-order valence-corrected chi connectivity index (χ3v) is 5.82. The molecule has 0 saturated carbocycles. The summed E-state index contributed by atoms with van der Waals surface area (Å²) in [5.41, 5.74) is 0.816. The van der Waals surface area contributed by atoms with Crippen LogP contribution in [0.15, 0.2) is 18.2 Å². The Labute approximate surface area is 150 Å². The summed E-state index contributed by atoms with van der Waals surface area (Å²) in [6, 6.07) is 4.98. The van der Waals surface area contributed by atoms with Gasteiger partial charge in [-0.15, -0.1) is 11.3 Å². The van der Waals surface area contributed by atoms with Crippen molar-refractivity contribution in [3.8, 4) is 11.3 Å². The fourth-order valence-electron chi connectivity index (χ4n) is 3.28. The number of aromatic nitrogens is 1. The summed E-state index contributed by atoms with van der Waals surface area (Å²) in [6.45, 7) is 3.94. The zero-order chi connectivity index (χ0) is 18.2. The highest BCUT2D eigenvalue weighted by atomic mass is 32.1. The second-order valence-electron chi connectivity index (χ2n) is 6.53. The number of hydrogen-bond donors (Lipinski definition) is 1. The molecular weight excluding hydrogens is 346 g/mol. The molecule has 0 spiro atoms. The van der Waals surface area contributed by atoms with Gasteiger partial charge < -0.3 is 5.32 Å². The lowest BCUT2D eigenvalue weighted by Gasteiger charge is -2.20. The molecule has 1 fully saturated rings. The Bertz CT molecular complexity index is 760. The van der Waals surface area contributed by atoms with Gasteiger partial charge in [-0.3, -0.25) is 4.90 Å². The van der Waals surface area contributed by atoms with Crippen LogP contribution < -0.4 is 10.8 Å². The summed E-state index contributed by atoms with van der Waals surface area (Å²) in [5, 5.41) is 3.74. The number of hydrogen-bond acceptors (Lipinski definition) is 4. The number of nitrogens with zero attached hydrogens (tertiary/aromatic N) is 2. The van der Waals surface area contributed by atoms with Gasteiger partial charge in [-0.25, -0.2) is 4.98 Å². The Hall–Kier alpha value is -1.54. The molecule has 0 amide bonds. The van der Waals surface area contributed by atoms with Crippen LogP contribution in [0.25, 0.3) is 11.3 Å². The number of halogens is 3. The third-order valence-electron chi connectivity index (χ3n) is 4.76. The Kier molecular flexibility index (Phi) is 5.11. The molecule has 0 bridgehead atoms. The fourth-order valence-corrected chi connectivity index (χ4v) is 4.24. The predicted molar refractivity (Wildman–Crippen MR) is 99.4 cm³/mol. The molecule has 3 nitrogen and oxygen atoms in total. The first-order valence-electron chi connectivity index (χ1n) is 8.39. The number of anilines is 1. The van der Waals surface area contributed by atoms with Crippen molar-refractivity contribution in [2.75, 3.05) is 18.9 Å². The van der Waals surface area contributed by atoms with Crippen molar-refractivity contribution in [3.63, 3.8) is 0 Å². The second kappa shape index (κ2) is 7.00. The summed E-state index contributed by atoms with van der Waals surface area (Å²) in [7, 11) is 3.26. The van der Waals surface area contributed by atoms with Gasteiger partial charge in [0.1, 0.15) is 7.85 Å². The molecule has 25 heavy (non-hydrogen) atoms. The van der Waals surface area contributed by atoms with E-state index in [0.717, 1.165) is 35.9 Å². The summed E-state index contributed by atoms with van der Waals surface area (Å²) in [5.74, 6) is 0. The first kappa shape index (κ1) is 18.3. The molecule has 2 aromatic rings. The van der Waals surface area contributed by atoms with E-state index in [9.17, 15) is 13.2 Å². The van der Waals surface area contributed by atoms with Crippen LogP contribution >= 0.6 is 11.3 Å². The molecule has 1 atom stereocenters. The molecular formula is C17H21BF3N3S. The molecule has 8 heteroatoms. The zero-order valence-corrected chi connectivity index (χ0v) is 15.4. The zero-order valence-electron chi connectivity index (χ0n) is 14.6. The molecule has 0 aliphatic carbocycles. The van der Waals surface area contributed by atoms with Crippen molar-refractivity contribution in [1.82, 2.24) is 9.88 Å². The molecule has 1 N–H and O–H groups in total. The topological polar surface area (TPSA) is 28.2 Å². The average molecular weight is 367 g/mol. The molecule has 134 valence electrons. The van der Waals surface area contributed by atoms with Gasteiger partial charge in [-0.1, -0.05) is 17.6 Å². The van der Waals surface area contributed by atoms with Gasteiger partial charge >= 0.3 is 6.18 Å². The quantitative estimate of drug-likeness (QED) is 0.842. The molecule has 2 heterocycles. The molecule has 1 aromatic heterocycles. The van der Waals surface area contributed by atoms with Crippen LogP contribution in [0.3, 0.4) is 0 Å². The van der Waals surface area contributed by atoms with Crippen molar-refractivity contribution < 1.29 is 13.2 Å². The maximum absolute atomic E-state index is 13.3. The van der Waals surface area contributed by atoms with E-state index in [-0.39, 0.29) is 5.46 Å². The fraction of sp³-hybridized carbons (Fsp3) is 0.471.